The molecule has 11 nitrogen and oxygen atoms in total. The van der Waals surface area contributed by atoms with Gasteiger partial charge in [0.2, 0.25) is 10.0 Å². The van der Waals surface area contributed by atoms with E-state index < -0.39 is 36.4 Å². The first kappa shape index (κ1) is 30.8. The topological polar surface area (TPSA) is 140 Å². The minimum atomic E-state index is -4.45. The molecule has 0 bridgehead atoms. The number of anilines is 2. The summed E-state index contributed by atoms with van der Waals surface area (Å²) in [5.74, 6) is -0.756. The third kappa shape index (κ3) is 5.95. The molecule has 1 aromatic heterocycles. The Labute approximate surface area is 258 Å². The number of hydrogen-bond acceptors (Lipinski definition) is 6. The Hall–Kier alpha value is -3.62. The molecule has 0 atom stereocenters. The molecule has 1 aliphatic heterocycles. The van der Waals surface area contributed by atoms with E-state index in [0.29, 0.717) is 24.5 Å². The zero-order chi connectivity index (χ0) is 31.1. The number of carbonyl (C=O) groups excluding carboxylic acids is 1. The highest BCUT2D eigenvalue weighted by molar-refractivity contribution is 7.92. The van der Waals surface area contributed by atoms with Gasteiger partial charge in [0.25, 0.3) is 21.5 Å². The first-order valence-electron chi connectivity index (χ1n) is 13.1. The maximum absolute atomic E-state index is 13.5. The van der Waals surface area contributed by atoms with Crippen LogP contribution in [-0.4, -0.2) is 49.5 Å². The first-order chi connectivity index (χ1) is 20.3. The zero-order valence-electron chi connectivity index (χ0n) is 23.0. The van der Waals surface area contributed by atoms with Gasteiger partial charge in [-0.15, -0.1) is 0 Å². The third-order valence-electron chi connectivity index (χ3n) is 7.16. The maximum Gasteiger partial charge on any atom is 0.296 e. The SMILES string of the molecule is Cc1c(NS(=O)(=O)c2cc(C(=O)Nc3cc(S(=O)(=O)N4CCCC4)ccc3Cl)ccc2Cl)c(=O)n(-c2ccccc2)n1C. The van der Waals surface area contributed by atoms with E-state index in [4.69, 9.17) is 23.2 Å². The Balaban J connectivity index is 1.44. The molecule has 1 aliphatic rings. The van der Waals surface area contributed by atoms with E-state index in [-0.39, 0.29) is 31.9 Å². The summed E-state index contributed by atoms with van der Waals surface area (Å²) in [4.78, 5) is 26.0. The Morgan fingerprint density at radius 2 is 1.53 bits per heavy atom. The molecule has 1 amide bonds. The number of aromatic nitrogens is 2. The van der Waals surface area contributed by atoms with Gasteiger partial charge in [0.05, 0.1) is 32.0 Å². The molecule has 226 valence electrons. The average molecular weight is 665 g/mol. The van der Waals surface area contributed by atoms with E-state index in [1.165, 1.54) is 44.0 Å². The predicted octanol–water partition coefficient (Wildman–Crippen LogP) is 4.63. The summed E-state index contributed by atoms with van der Waals surface area (Å²) < 4.78 is 59.5. The van der Waals surface area contributed by atoms with Crippen molar-refractivity contribution in [2.75, 3.05) is 23.1 Å². The number of halogens is 2. The van der Waals surface area contributed by atoms with Gasteiger partial charge in [-0.05, 0) is 68.3 Å². The second-order valence-electron chi connectivity index (χ2n) is 9.89. The lowest BCUT2D eigenvalue weighted by molar-refractivity contribution is 0.102. The standard InChI is InChI=1S/C28H27Cl2N5O6S2/c1-18-26(28(37)35(33(18)2)20-8-4-3-5-9-20)32-42(38,39)25-16-19(10-12-23(25)30)27(36)31-24-17-21(11-13-22(24)29)43(40,41)34-14-6-7-15-34/h3-5,8-13,16-17,32H,6-7,14-15H2,1-2H3,(H,31,36). The van der Waals surface area contributed by atoms with Crippen LogP contribution in [-0.2, 0) is 27.1 Å². The summed E-state index contributed by atoms with van der Waals surface area (Å²) in [5, 5.41) is 2.46. The number of rotatable bonds is 8. The summed E-state index contributed by atoms with van der Waals surface area (Å²) in [6.07, 6.45) is 1.53. The lowest BCUT2D eigenvalue weighted by atomic mass is 10.2. The number of nitrogens with one attached hydrogen (secondary N) is 2. The molecule has 0 aliphatic carbocycles. The van der Waals surface area contributed by atoms with E-state index in [1.54, 1.807) is 44.3 Å². The van der Waals surface area contributed by atoms with Crippen molar-refractivity contribution in [2.24, 2.45) is 7.05 Å². The Bertz CT molecular complexity index is 2000. The summed E-state index contributed by atoms with van der Waals surface area (Å²) >= 11 is 12.5. The fourth-order valence-corrected chi connectivity index (χ4v) is 8.11. The van der Waals surface area contributed by atoms with Gasteiger partial charge in [-0.25, -0.2) is 21.5 Å². The van der Waals surface area contributed by atoms with Gasteiger partial charge < -0.3 is 5.32 Å². The summed E-state index contributed by atoms with van der Waals surface area (Å²) in [6, 6.07) is 16.3. The molecule has 0 spiro atoms. The number of para-hydroxylation sites is 1. The fourth-order valence-electron chi connectivity index (χ4n) is 4.76. The Kier molecular flexibility index (Phi) is 8.47. The molecule has 4 aromatic rings. The van der Waals surface area contributed by atoms with Crippen molar-refractivity contribution in [2.45, 2.75) is 29.6 Å². The molecule has 5 rings (SSSR count). The van der Waals surface area contributed by atoms with Crippen LogP contribution < -0.4 is 15.6 Å². The van der Waals surface area contributed by atoms with Gasteiger partial charge in [-0.1, -0.05) is 41.4 Å². The lowest BCUT2D eigenvalue weighted by Gasteiger charge is -2.17. The molecule has 0 saturated carbocycles. The number of nitrogens with zero attached hydrogens (tertiary/aromatic N) is 3. The van der Waals surface area contributed by atoms with Crippen LogP contribution in [0.5, 0.6) is 0 Å². The third-order valence-corrected chi connectivity index (χ3v) is 11.2. The summed E-state index contributed by atoms with van der Waals surface area (Å²) in [6.45, 7) is 2.41. The van der Waals surface area contributed by atoms with Crippen LogP contribution >= 0.6 is 23.2 Å². The van der Waals surface area contributed by atoms with Crippen molar-refractivity contribution in [3.63, 3.8) is 0 Å². The van der Waals surface area contributed by atoms with Crippen LogP contribution in [0.3, 0.4) is 0 Å². The molecule has 1 saturated heterocycles. The lowest BCUT2D eigenvalue weighted by Crippen LogP contribution is -2.28. The Morgan fingerprint density at radius 3 is 2.21 bits per heavy atom. The number of sulfonamides is 2. The second-order valence-corrected chi connectivity index (χ2v) is 14.3. The van der Waals surface area contributed by atoms with Crippen molar-refractivity contribution in [3.05, 3.63) is 98.4 Å². The molecular weight excluding hydrogens is 637 g/mol. The molecule has 3 aromatic carbocycles. The molecule has 2 heterocycles. The van der Waals surface area contributed by atoms with Crippen LogP contribution in [0, 0.1) is 6.92 Å². The highest BCUT2D eigenvalue weighted by Gasteiger charge is 2.29. The monoisotopic (exact) mass is 663 g/mol. The van der Waals surface area contributed by atoms with Gasteiger partial charge >= 0.3 is 0 Å². The van der Waals surface area contributed by atoms with Crippen LogP contribution in [0.25, 0.3) is 5.69 Å². The molecule has 2 N–H and O–H groups in total. The molecule has 15 heteroatoms. The van der Waals surface area contributed by atoms with Gasteiger partial charge in [-0.3, -0.25) is 19.0 Å². The molecule has 0 radical (unpaired) electrons. The van der Waals surface area contributed by atoms with E-state index in [0.717, 1.165) is 18.9 Å². The van der Waals surface area contributed by atoms with Gasteiger partial charge in [0.1, 0.15) is 10.6 Å². The van der Waals surface area contributed by atoms with Crippen molar-refractivity contribution >= 4 is 60.5 Å². The van der Waals surface area contributed by atoms with Crippen molar-refractivity contribution in [1.29, 1.82) is 0 Å². The molecule has 0 unspecified atom stereocenters. The highest BCUT2D eigenvalue weighted by Crippen LogP contribution is 2.30. The van der Waals surface area contributed by atoms with E-state index in [9.17, 15) is 26.4 Å². The van der Waals surface area contributed by atoms with Crippen LogP contribution in [0.15, 0.2) is 81.3 Å². The van der Waals surface area contributed by atoms with Crippen LogP contribution in [0.2, 0.25) is 10.0 Å². The van der Waals surface area contributed by atoms with Crippen LogP contribution in [0.4, 0.5) is 11.4 Å². The second kappa shape index (κ2) is 11.8. The maximum atomic E-state index is 13.5. The normalized spacial score (nSPS) is 14.1. The summed E-state index contributed by atoms with van der Waals surface area (Å²) in [7, 11) is -6.60. The fraction of sp³-hybridized carbons (Fsp3) is 0.214. The summed E-state index contributed by atoms with van der Waals surface area (Å²) in [5.41, 5.74) is 0.0428. The largest absolute Gasteiger partial charge is 0.321 e. The van der Waals surface area contributed by atoms with Gasteiger partial charge in [-0.2, -0.15) is 4.31 Å². The van der Waals surface area contributed by atoms with Crippen molar-refractivity contribution in [3.8, 4) is 5.69 Å². The van der Waals surface area contributed by atoms with Gasteiger partial charge in [0.15, 0.2) is 0 Å². The Morgan fingerprint density at radius 1 is 0.884 bits per heavy atom. The quantitative estimate of drug-likeness (QED) is 0.282. The minimum Gasteiger partial charge on any atom is -0.321 e. The zero-order valence-corrected chi connectivity index (χ0v) is 26.2. The van der Waals surface area contributed by atoms with Crippen molar-refractivity contribution < 1.29 is 21.6 Å². The number of hydrogen-bond donors (Lipinski definition) is 2. The highest BCUT2D eigenvalue weighted by atomic mass is 35.5. The number of amides is 1. The van der Waals surface area contributed by atoms with E-state index in [2.05, 4.69) is 10.0 Å². The minimum absolute atomic E-state index is 0.0305. The van der Waals surface area contributed by atoms with E-state index >= 15 is 0 Å². The van der Waals surface area contributed by atoms with Crippen molar-refractivity contribution in [1.82, 2.24) is 13.7 Å². The smallest absolute Gasteiger partial charge is 0.296 e. The number of benzene rings is 3. The molecule has 43 heavy (non-hydrogen) atoms. The van der Waals surface area contributed by atoms with E-state index in [1.807, 2.05) is 0 Å². The van der Waals surface area contributed by atoms with Gasteiger partial charge in [0, 0.05) is 25.7 Å². The number of carbonyl (C=O) groups is 1. The molecular formula is C28H27Cl2N5O6S2. The first-order valence-corrected chi connectivity index (χ1v) is 16.8. The molecule has 1 fully saturated rings. The van der Waals surface area contributed by atoms with Crippen LogP contribution in [0.1, 0.15) is 28.9 Å². The predicted molar refractivity (Wildman–Crippen MR) is 165 cm³/mol. The average Bonchev–Trinajstić information content (AvgIpc) is 3.59.